The summed E-state index contributed by atoms with van der Waals surface area (Å²) in [6.07, 6.45) is -0.765. The minimum Gasteiger partial charge on any atom is -0.543 e. The molecule has 0 spiro atoms. The average Bonchev–Trinajstić information content (AvgIpc) is 3.16. The molecule has 0 aliphatic carbocycles. The predicted molar refractivity (Wildman–Crippen MR) is 102 cm³/mol. The molecule has 156 valence electrons. The fraction of sp³-hybridized carbons (Fsp3) is 0.444. The number of fused-ring (bicyclic) bond motifs is 1. The molecular weight excluding hydrogens is 443 g/mol. The van der Waals surface area contributed by atoms with Gasteiger partial charge in [0.15, 0.2) is 0 Å². The topological polar surface area (TPSA) is 125 Å². The van der Waals surface area contributed by atoms with Crippen molar-refractivity contribution in [2.24, 2.45) is 0 Å². The number of thioether (sulfide) groups is 1. The van der Waals surface area contributed by atoms with Gasteiger partial charge in [0.1, 0.15) is 11.5 Å². The van der Waals surface area contributed by atoms with Crippen molar-refractivity contribution in [2.75, 3.05) is 12.9 Å². The Hall–Kier alpha value is -1.37. The molecular formula is C18H19N2NaO7S2. The number of carboxylic acids is 1. The summed E-state index contributed by atoms with van der Waals surface area (Å²) in [7, 11) is 1.28. The number of esters is 1. The second-order valence-electron chi connectivity index (χ2n) is 6.50. The van der Waals surface area contributed by atoms with E-state index in [0.717, 1.165) is 9.78 Å². The number of nitrogens with one attached hydrogen (secondary N) is 1. The number of carboxylic acid groups (broad SMARTS) is 1. The van der Waals surface area contributed by atoms with Crippen LogP contribution >= 0.6 is 23.1 Å². The van der Waals surface area contributed by atoms with Crippen molar-refractivity contribution in [1.29, 1.82) is 0 Å². The van der Waals surface area contributed by atoms with E-state index in [1.165, 1.54) is 44.1 Å². The molecule has 1 aromatic heterocycles. The zero-order chi connectivity index (χ0) is 21.3. The average molecular weight is 462 g/mol. The summed E-state index contributed by atoms with van der Waals surface area (Å²) < 4.78 is 10.4. The van der Waals surface area contributed by atoms with Gasteiger partial charge in [0.05, 0.1) is 18.1 Å². The molecule has 1 unspecified atom stereocenters. The predicted octanol–water partition coefficient (Wildman–Crippen LogP) is -3.38. The van der Waals surface area contributed by atoms with Crippen molar-refractivity contribution in [2.45, 2.75) is 37.5 Å². The molecule has 0 aromatic carbocycles. The van der Waals surface area contributed by atoms with Gasteiger partial charge in [-0.1, -0.05) is 6.07 Å². The molecule has 0 bridgehead atoms. The summed E-state index contributed by atoms with van der Waals surface area (Å²) >= 11 is 2.62. The molecule has 1 saturated heterocycles. The smallest absolute Gasteiger partial charge is 0.543 e. The van der Waals surface area contributed by atoms with Gasteiger partial charge in [0.25, 0.3) is 11.6 Å². The quantitative estimate of drug-likeness (QED) is 0.193. The molecule has 12 heteroatoms. The third-order valence-electron chi connectivity index (χ3n) is 4.65. The van der Waals surface area contributed by atoms with E-state index in [9.17, 15) is 24.3 Å². The van der Waals surface area contributed by atoms with E-state index >= 15 is 0 Å². The van der Waals surface area contributed by atoms with E-state index in [4.69, 9.17) is 9.47 Å². The van der Waals surface area contributed by atoms with Gasteiger partial charge in [-0.05, 0) is 18.4 Å². The van der Waals surface area contributed by atoms with Crippen molar-refractivity contribution in [3.63, 3.8) is 0 Å². The van der Waals surface area contributed by atoms with Crippen LogP contribution in [0, 0.1) is 0 Å². The molecule has 9 nitrogen and oxygen atoms in total. The van der Waals surface area contributed by atoms with E-state index in [1.807, 2.05) is 11.4 Å². The van der Waals surface area contributed by atoms with Gasteiger partial charge in [0.2, 0.25) is 5.91 Å². The van der Waals surface area contributed by atoms with Crippen LogP contribution in [0.2, 0.25) is 0 Å². The number of methoxy groups -OCH3 is 1. The van der Waals surface area contributed by atoms with E-state index in [-0.39, 0.29) is 53.0 Å². The molecule has 3 atom stereocenters. The maximum absolute atomic E-state index is 12.9. The Balaban J connectivity index is 0.00000320. The minimum absolute atomic E-state index is 0. The number of thiophene rings is 1. The number of β-lactam (4-membered cyclic amide) rings is 1. The number of carbonyl (C=O) groups excluding carboxylic acids is 4. The Morgan fingerprint density at radius 3 is 2.67 bits per heavy atom. The Morgan fingerprint density at radius 1 is 1.43 bits per heavy atom. The standard InChI is InChI=1S/C18H20N2O7S2.Na/c1-9(27-10(2)21)12-8-29-17-18(26-3,16(25)20(17)14(12)15(23)24)19-13(22)7-11-5-4-6-28-11;/h4-6,9,17H,7-8H2,1-3H3,(H,19,22)(H,23,24);/q;+1/p-1/t9?,17-,18-;/m0./s1. The van der Waals surface area contributed by atoms with Crippen LogP contribution in [0.1, 0.15) is 18.7 Å². The van der Waals surface area contributed by atoms with Crippen LogP contribution in [0.25, 0.3) is 0 Å². The third kappa shape index (κ3) is 4.46. The van der Waals surface area contributed by atoms with Crippen molar-refractivity contribution < 1.29 is 63.3 Å². The van der Waals surface area contributed by atoms with Crippen LogP contribution in [0.4, 0.5) is 0 Å². The minimum atomic E-state index is -1.67. The molecule has 2 aliphatic rings. The van der Waals surface area contributed by atoms with Crippen LogP contribution in [0.5, 0.6) is 0 Å². The van der Waals surface area contributed by atoms with Crippen LogP contribution in [0.15, 0.2) is 28.8 Å². The number of hydrogen-bond donors (Lipinski definition) is 1. The Labute approximate surface area is 203 Å². The van der Waals surface area contributed by atoms with Crippen LogP contribution in [-0.4, -0.2) is 58.7 Å². The molecule has 0 radical (unpaired) electrons. The van der Waals surface area contributed by atoms with Gasteiger partial charge in [-0.25, -0.2) is 0 Å². The van der Waals surface area contributed by atoms with E-state index in [0.29, 0.717) is 0 Å². The van der Waals surface area contributed by atoms with E-state index < -0.39 is 41.0 Å². The first-order chi connectivity index (χ1) is 13.7. The number of amides is 2. The van der Waals surface area contributed by atoms with Gasteiger partial charge < -0.3 is 24.7 Å². The van der Waals surface area contributed by atoms with Gasteiger partial charge in [-0.3, -0.25) is 19.3 Å². The Bertz CT molecular complexity index is 889. The number of rotatable bonds is 7. The molecule has 1 N–H and O–H groups in total. The molecule has 3 heterocycles. The van der Waals surface area contributed by atoms with Gasteiger partial charge in [-0.2, -0.15) is 0 Å². The molecule has 2 aliphatic heterocycles. The summed E-state index contributed by atoms with van der Waals surface area (Å²) in [5.74, 6) is -3.11. The fourth-order valence-electron chi connectivity index (χ4n) is 3.35. The monoisotopic (exact) mass is 462 g/mol. The van der Waals surface area contributed by atoms with Crippen molar-refractivity contribution in [3.8, 4) is 0 Å². The normalized spacial score (nSPS) is 23.6. The van der Waals surface area contributed by atoms with Crippen LogP contribution in [0.3, 0.4) is 0 Å². The van der Waals surface area contributed by atoms with Crippen LogP contribution < -0.4 is 40.0 Å². The Kier molecular flexibility index (Phi) is 8.16. The van der Waals surface area contributed by atoms with E-state index in [2.05, 4.69) is 5.32 Å². The number of aliphatic carboxylic acids is 1. The summed E-state index contributed by atoms with van der Waals surface area (Å²) in [5.41, 5.74) is -1.77. The zero-order valence-corrected chi connectivity index (χ0v) is 20.6. The second kappa shape index (κ2) is 9.84. The van der Waals surface area contributed by atoms with Crippen molar-refractivity contribution in [3.05, 3.63) is 33.7 Å². The first kappa shape index (κ1) is 24.9. The third-order valence-corrected chi connectivity index (χ3v) is 6.86. The summed E-state index contributed by atoms with van der Waals surface area (Å²) in [6.45, 7) is 2.74. The largest absolute Gasteiger partial charge is 1.00 e. The molecule has 30 heavy (non-hydrogen) atoms. The molecule has 3 rings (SSSR count). The van der Waals surface area contributed by atoms with Crippen LogP contribution in [-0.2, 0) is 35.1 Å². The van der Waals surface area contributed by atoms with Crippen molar-refractivity contribution >= 4 is 46.9 Å². The number of ether oxygens (including phenoxy) is 2. The van der Waals surface area contributed by atoms with Gasteiger partial charge in [-0.15, -0.1) is 23.1 Å². The molecule has 1 fully saturated rings. The molecule has 1 aromatic rings. The number of nitrogens with zero attached hydrogens (tertiary/aromatic N) is 1. The molecule has 2 amide bonds. The Morgan fingerprint density at radius 2 is 2.13 bits per heavy atom. The molecule has 0 saturated carbocycles. The summed E-state index contributed by atoms with van der Waals surface area (Å²) in [4.78, 5) is 50.2. The van der Waals surface area contributed by atoms with Gasteiger partial charge in [0, 0.05) is 30.2 Å². The van der Waals surface area contributed by atoms with Crippen molar-refractivity contribution in [1.82, 2.24) is 10.2 Å². The van der Waals surface area contributed by atoms with Gasteiger partial charge >= 0.3 is 35.5 Å². The SMILES string of the molecule is CO[C@@]1(NC(=O)Cc2cccs2)C(=O)N2C(C(=O)[O-])=C(C(C)OC(C)=O)CS[C@H]21.[Na+]. The fourth-order valence-corrected chi connectivity index (χ4v) is 5.60. The number of carbonyl (C=O) groups is 4. The summed E-state index contributed by atoms with van der Waals surface area (Å²) in [6, 6.07) is 3.61. The maximum Gasteiger partial charge on any atom is 1.00 e. The summed E-state index contributed by atoms with van der Waals surface area (Å²) in [5, 5.41) is 15.5. The maximum atomic E-state index is 12.9. The zero-order valence-electron chi connectivity index (χ0n) is 16.9. The number of hydrogen-bond acceptors (Lipinski definition) is 9. The first-order valence-electron chi connectivity index (χ1n) is 8.66. The van der Waals surface area contributed by atoms with E-state index in [1.54, 1.807) is 6.07 Å². The second-order valence-corrected chi connectivity index (χ2v) is 8.60. The first-order valence-corrected chi connectivity index (χ1v) is 10.6.